The zero-order chi connectivity index (χ0) is 15.1. The third-order valence-corrected chi connectivity index (χ3v) is 4.79. The molecular formula is C16H19ClN4O. The number of halogens is 1. The van der Waals surface area contributed by atoms with Crippen molar-refractivity contribution < 1.29 is 4.74 Å². The summed E-state index contributed by atoms with van der Waals surface area (Å²) < 4.78 is 5.84. The van der Waals surface area contributed by atoms with Gasteiger partial charge in [0.05, 0.1) is 12.2 Å². The lowest BCUT2D eigenvalue weighted by Crippen LogP contribution is -2.22. The summed E-state index contributed by atoms with van der Waals surface area (Å²) in [5, 5.41) is 0.240. The quantitative estimate of drug-likeness (QED) is 0.857. The van der Waals surface area contributed by atoms with Crippen LogP contribution >= 0.6 is 11.6 Å². The lowest BCUT2D eigenvalue weighted by atomic mass is 9.99. The number of aromatic nitrogens is 3. The van der Waals surface area contributed by atoms with E-state index in [4.69, 9.17) is 16.3 Å². The predicted octanol–water partition coefficient (Wildman–Crippen LogP) is 3.02. The highest BCUT2D eigenvalue weighted by Crippen LogP contribution is 2.36. The smallest absolute Gasteiger partial charge is 0.230 e. The minimum Gasteiger partial charge on any atom is -0.371 e. The molecule has 1 aromatic heterocycles. The maximum absolute atomic E-state index is 6.11. The molecule has 0 radical (unpaired) electrons. The zero-order valence-corrected chi connectivity index (χ0v) is 13.2. The number of fused-ring (bicyclic) bond motifs is 2. The first-order chi connectivity index (χ1) is 10.7. The van der Waals surface area contributed by atoms with E-state index in [1.807, 2.05) is 0 Å². The Morgan fingerprint density at radius 2 is 2.05 bits per heavy atom. The van der Waals surface area contributed by atoms with Crippen molar-refractivity contribution in [3.05, 3.63) is 29.3 Å². The SMILES string of the molecule is C=C(C1=CC2CCC(C1)O2)c1nc(Cl)nc(N2CCCC2)n1. The van der Waals surface area contributed by atoms with E-state index in [1.165, 1.54) is 18.4 Å². The molecule has 22 heavy (non-hydrogen) atoms. The molecule has 0 N–H and O–H groups in total. The van der Waals surface area contributed by atoms with Crippen LogP contribution in [0.15, 0.2) is 18.2 Å². The molecule has 2 bridgehead atoms. The van der Waals surface area contributed by atoms with E-state index < -0.39 is 0 Å². The normalized spacial score (nSPS) is 27.1. The Hall–Kier alpha value is -1.46. The van der Waals surface area contributed by atoms with Crippen LogP contribution in [0.25, 0.3) is 5.57 Å². The fourth-order valence-electron chi connectivity index (χ4n) is 3.44. The first-order valence-electron chi connectivity index (χ1n) is 7.91. The van der Waals surface area contributed by atoms with Gasteiger partial charge in [-0.3, -0.25) is 0 Å². The van der Waals surface area contributed by atoms with Crippen molar-refractivity contribution >= 4 is 23.1 Å². The lowest BCUT2D eigenvalue weighted by molar-refractivity contribution is 0.0621. The standard InChI is InChI=1S/C16H19ClN4O/c1-10(11-8-12-4-5-13(9-11)22-12)14-18-15(17)20-16(19-14)21-6-2-3-7-21/h8,12-13H,1-7,9H2. The Bertz CT molecular complexity index is 639. The number of ether oxygens (including phenoxy) is 1. The number of allylic oxidation sites excluding steroid dienone is 1. The van der Waals surface area contributed by atoms with Gasteiger partial charge >= 0.3 is 0 Å². The van der Waals surface area contributed by atoms with Crippen molar-refractivity contribution in [2.24, 2.45) is 0 Å². The van der Waals surface area contributed by atoms with Gasteiger partial charge in [-0.2, -0.15) is 15.0 Å². The second-order valence-electron chi connectivity index (χ2n) is 6.17. The van der Waals surface area contributed by atoms with Crippen LogP contribution in [-0.2, 0) is 4.74 Å². The Morgan fingerprint density at radius 1 is 1.23 bits per heavy atom. The van der Waals surface area contributed by atoms with Crippen LogP contribution in [0.4, 0.5) is 5.95 Å². The molecule has 0 amide bonds. The van der Waals surface area contributed by atoms with E-state index in [-0.39, 0.29) is 11.4 Å². The van der Waals surface area contributed by atoms with Crippen molar-refractivity contribution in [2.75, 3.05) is 18.0 Å². The Balaban J connectivity index is 1.62. The van der Waals surface area contributed by atoms with E-state index in [0.717, 1.165) is 37.9 Å². The predicted molar refractivity (Wildman–Crippen MR) is 85.9 cm³/mol. The molecule has 1 aromatic rings. The van der Waals surface area contributed by atoms with Gasteiger partial charge in [0.15, 0.2) is 5.82 Å². The van der Waals surface area contributed by atoms with Gasteiger partial charge in [-0.05, 0) is 49.3 Å². The average molecular weight is 319 g/mol. The van der Waals surface area contributed by atoms with E-state index in [1.54, 1.807) is 0 Å². The highest BCUT2D eigenvalue weighted by Gasteiger charge is 2.31. The maximum atomic E-state index is 6.11. The van der Waals surface area contributed by atoms with Crippen LogP contribution in [0.3, 0.4) is 0 Å². The number of rotatable bonds is 3. The minimum atomic E-state index is 0.223. The molecule has 6 heteroatoms. The molecule has 4 heterocycles. The highest BCUT2D eigenvalue weighted by molar-refractivity contribution is 6.28. The van der Waals surface area contributed by atoms with Crippen LogP contribution in [-0.4, -0.2) is 40.2 Å². The van der Waals surface area contributed by atoms with Gasteiger partial charge in [-0.1, -0.05) is 12.7 Å². The van der Waals surface area contributed by atoms with E-state index in [9.17, 15) is 0 Å². The van der Waals surface area contributed by atoms with Gasteiger partial charge in [-0.15, -0.1) is 0 Å². The second kappa shape index (κ2) is 5.63. The summed E-state index contributed by atoms with van der Waals surface area (Å²) in [7, 11) is 0. The molecule has 0 aromatic carbocycles. The highest BCUT2D eigenvalue weighted by atomic mass is 35.5. The molecule has 3 aliphatic rings. The number of hydrogen-bond acceptors (Lipinski definition) is 5. The lowest BCUT2D eigenvalue weighted by Gasteiger charge is -2.22. The molecule has 0 aliphatic carbocycles. The third kappa shape index (κ3) is 2.63. The summed E-state index contributed by atoms with van der Waals surface area (Å²) in [6, 6.07) is 0. The Labute approximate surface area is 135 Å². The number of hydrogen-bond donors (Lipinski definition) is 0. The summed E-state index contributed by atoms with van der Waals surface area (Å²) in [4.78, 5) is 15.3. The van der Waals surface area contributed by atoms with Crippen molar-refractivity contribution in [3.63, 3.8) is 0 Å². The van der Waals surface area contributed by atoms with Crippen molar-refractivity contribution in [1.82, 2.24) is 15.0 Å². The van der Waals surface area contributed by atoms with Gasteiger partial charge in [0.1, 0.15) is 0 Å². The van der Waals surface area contributed by atoms with Gasteiger partial charge < -0.3 is 9.64 Å². The maximum Gasteiger partial charge on any atom is 0.230 e. The van der Waals surface area contributed by atoms with Gasteiger partial charge in [-0.25, -0.2) is 0 Å². The van der Waals surface area contributed by atoms with Gasteiger partial charge in [0.2, 0.25) is 11.2 Å². The second-order valence-corrected chi connectivity index (χ2v) is 6.51. The van der Waals surface area contributed by atoms with Crippen LogP contribution in [0.2, 0.25) is 5.28 Å². The van der Waals surface area contributed by atoms with Gasteiger partial charge in [0, 0.05) is 18.7 Å². The van der Waals surface area contributed by atoms with Crippen LogP contribution in [0, 0.1) is 0 Å². The molecule has 2 atom stereocenters. The average Bonchev–Trinajstić information content (AvgIpc) is 3.16. The molecule has 4 rings (SSSR count). The fourth-order valence-corrected chi connectivity index (χ4v) is 3.60. The summed E-state index contributed by atoms with van der Waals surface area (Å²) >= 11 is 6.11. The molecule has 3 aliphatic heterocycles. The molecule has 0 saturated carbocycles. The molecule has 5 nitrogen and oxygen atoms in total. The summed E-state index contributed by atoms with van der Waals surface area (Å²) in [5.74, 6) is 1.26. The molecule has 2 fully saturated rings. The van der Waals surface area contributed by atoms with E-state index in [2.05, 4.69) is 32.5 Å². The summed E-state index contributed by atoms with van der Waals surface area (Å²) in [6.45, 7) is 6.16. The van der Waals surface area contributed by atoms with Crippen LogP contribution in [0.1, 0.15) is 37.9 Å². The van der Waals surface area contributed by atoms with Crippen molar-refractivity contribution in [2.45, 2.75) is 44.3 Å². The Kier molecular flexibility index (Phi) is 3.62. The third-order valence-electron chi connectivity index (χ3n) is 4.62. The first-order valence-corrected chi connectivity index (χ1v) is 8.29. The number of nitrogens with zero attached hydrogens (tertiary/aromatic N) is 4. The fraction of sp³-hybridized carbons (Fsp3) is 0.562. The molecular weight excluding hydrogens is 300 g/mol. The largest absolute Gasteiger partial charge is 0.371 e. The molecule has 2 saturated heterocycles. The van der Waals surface area contributed by atoms with Gasteiger partial charge in [0.25, 0.3) is 0 Å². The Morgan fingerprint density at radius 3 is 2.82 bits per heavy atom. The molecule has 2 unspecified atom stereocenters. The monoisotopic (exact) mass is 318 g/mol. The van der Waals surface area contributed by atoms with Crippen molar-refractivity contribution in [1.29, 1.82) is 0 Å². The topological polar surface area (TPSA) is 51.1 Å². The van der Waals surface area contributed by atoms with E-state index in [0.29, 0.717) is 17.9 Å². The van der Waals surface area contributed by atoms with Crippen molar-refractivity contribution in [3.8, 4) is 0 Å². The first kappa shape index (κ1) is 14.2. The number of anilines is 1. The van der Waals surface area contributed by atoms with E-state index >= 15 is 0 Å². The van der Waals surface area contributed by atoms with Crippen LogP contribution in [0.5, 0.6) is 0 Å². The zero-order valence-electron chi connectivity index (χ0n) is 12.5. The molecule has 0 spiro atoms. The summed E-state index contributed by atoms with van der Waals surface area (Å²) in [6.07, 6.45) is 8.15. The molecule has 116 valence electrons. The summed E-state index contributed by atoms with van der Waals surface area (Å²) in [5.41, 5.74) is 2.04. The van der Waals surface area contributed by atoms with Crippen LogP contribution < -0.4 is 4.90 Å². The minimum absolute atomic E-state index is 0.223.